The average Bonchev–Trinajstić information content (AvgIpc) is 2.81. The van der Waals surface area contributed by atoms with E-state index in [9.17, 15) is 13.2 Å². The van der Waals surface area contributed by atoms with Crippen molar-refractivity contribution in [2.45, 2.75) is 13.3 Å². The van der Waals surface area contributed by atoms with Crippen molar-refractivity contribution >= 4 is 32.4 Å². The maximum absolute atomic E-state index is 12.7. The molecule has 3 aromatic carbocycles. The Morgan fingerprint density at radius 2 is 1.66 bits per heavy atom. The molecular formula is C25H29N3O3S. The van der Waals surface area contributed by atoms with Crippen LogP contribution in [0.2, 0.25) is 0 Å². The van der Waals surface area contributed by atoms with Crippen molar-refractivity contribution < 1.29 is 13.2 Å². The van der Waals surface area contributed by atoms with Crippen molar-refractivity contribution in [3.05, 3.63) is 77.9 Å². The number of amides is 1. The number of sulfonamides is 1. The molecule has 0 bridgehead atoms. The summed E-state index contributed by atoms with van der Waals surface area (Å²) in [5, 5.41) is 4.93. The number of hydrogen-bond acceptors (Lipinski definition) is 4. The summed E-state index contributed by atoms with van der Waals surface area (Å²) in [4.78, 5) is 14.7. The highest BCUT2D eigenvalue weighted by atomic mass is 32.2. The van der Waals surface area contributed by atoms with E-state index in [1.807, 2.05) is 42.5 Å². The zero-order valence-electron chi connectivity index (χ0n) is 18.3. The summed E-state index contributed by atoms with van der Waals surface area (Å²) in [5.74, 6) is -0.143. The SMILES string of the molecule is Cc1cccc(N2CCN(S(=O)(=O)CCCNC(=O)c3ccc4ccccc4c3)CC2)c1. The first-order chi connectivity index (χ1) is 15.4. The van der Waals surface area contributed by atoms with Gasteiger partial charge in [0.1, 0.15) is 0 Å². The summed E-state index contributed by atoms with van der Waals surface area (Å²) in [5.41, 5.74) is 2.92. The molecule has 1 N–H and O–H groups in total. The molecule has 1 amide bonds. The van der Waals surface area contributed by atoms with Crippen LogP contribution in [0.3, 0.4) is 0 Å². The van der Waals surface area contributed by atoms with Gasteiger partial charge in [-0.2, -0.15) is 4.31 Å². The van der Waals surface area contributed by atoms with Crippen LogP contribution in [-0.4, -0.2) is 57.1 Å². The van der Waals surface area contributed by atoms with Gasteiger partial charge < -0.3 is 10.2 Å². The van der Waals surface area contributed by atoms with Crippen molar-refractivity contribution in [3.8, 4) is 0 Å². The van der Waals surface area contributed by atoms with Gasteiger partial charge in [-0.25, -0.2) is 8.42 Å². The lowest BCUT2D eigenvalue weighted by Gasteiger charge is -2.35. The van der Waals surface area contributed by atoms with Gasteiger partial charge in [0, 0.05) is 44.0 Å². The zero-order valence-corrected chi connectivity index (χ0v) is 19.1. The Balaban J connectivity index is 1.24. The summed E-state index contributed by atoms with van der Waals surface area (Å²) in [7, 11) is -3.33. The van der Waals surface area contributed by atoms with Crippen LogP contribution in [0.1, 0.15) is 22.3 Å². The molecule has 0 unspecified atom stereocenters. The van der Waals surface area contributed by atoms with Crippen LogP contribution in [0.15, 0.2) is 66.7 Å². The van der Waals surface area contributed by atoms with Crippen molar-refractivity contribution in [1.29, 1.82) is 0 Å². The molecule has 7 heteroatoms. The van der Waals surface area contributed by atoms with E-state index < -0.39 is 10.0 Å². The van der Waals surface area contributed by atoms with Crippen molar-refractivity contribution in [2.24, 2.45) is 0 Å². The molecule has 0 atom stereocenters. The maximum atomic E-state index is 12.7. The largest absolute Gasteiger partial charge is 0.369 e. The first-order valence-electron chi connectivity index (χ1n) is 11.0. The van der Waals surface area contributed by atoms with E-state index in [2.05, 4.69) is 35.3 Å². The van der Waals surface area contributed by atoms with Crippen LogP contribution >= 0.6 is 0 Å². The number of fused-ring (bicyclic) bond motifs is 1. The molecule has 1 aliphatic heterocycles. The quantitative estimate of drug-likeness (QED) is 0.559. The summed E-state index contributed by atoms with van der Waals surface area (Å²) in [6, 6.07) is 21.7. The van der Waals surface area contributed by atoms with Crippen LogP contribution in [0.25, 0.3) is 10.8 Å². The highest BCUT2D eigenvalue weighted by molar-refractivity contribution is 7.89. The van der Waals surface area contributed by atoms with E-state index in [1.165, 1.54) is 5.56 Å². The standard InChI is InChI=1S/C25H29N3O3S/c1-20-6-4-9-24(18-20)27-13-15-28(16-14-27)32(30,31)17-5-12-26-25(29)23-11-10-21-7-2-3-8-22(21)19-23/h2-4,6-11,18-19H,5,12-17H2,1H3,(H,26,29). The second-order valence-electron chi connectivity index (χ2n) is 8.21. The number of nitrogens with one attached hydrogen (secondary N) is 1. The second kappa shape index (κ2) is 9.71. The van der Waals surface area contributed by atoms with Gasteiger partial charge in [-0.05, 0) is 53.9 Å². The molecule has 3 aromatic rings. The molecule has 32 heavy (non-hydrogen) atoms. The van der Waals surface area contributed by atoms with E-state index in [-0.39, 0.29) is 11.7 Å². The summed E-state index contributed by atoms with van der Waals surface area (Å²) < 4.78 is 27.1. The van der Waals surface area contributed by atoms with Crippen LogP contribution < -0.4 is 10.2 Å². The minimum atomic E-state index is -3.33. The fraction of sp³-hybridized carbons (Fsp3) is 0.320. The summed E-state index contributed by atoms with van der Waals surface area (Å²) >= 11 is 0. The molecule has 168 valence electrons. The van der Waals surface area contributed by atoms with E-state index >= 15 is 0 Å². The van der Waals surface area contributed by atoms with Gasteiger partial charge in [-0.15, -0.1) is 0 Å². The third-order valence-corrected chi connectivity index (χ3v) is 7.83. The molecule has 4 rings (SSSR count). The van der Waals surface area contributed by atoms with Gasteiger partial charge in [-0.3, -0.25) is 4.79 Å². The first kappa shape index (κ1) is 22.3. The third-order valence-electron chi connectivity index (χ3n) is 5.88. The predicted molar refractivity (Wildman–Crippen MR) is 130 cm³/mol. The molecule has 1 saturated heterocycles. The van der Waals surface area contributed by atoms with E-state index in [0.29, 0.717) is 44.7 Å². The van der Waals surface area contributed by atoms with Crippen LogP contribution in [0, 0.1) is 6.92 Å². The van der Waals surface area contributed by atoms with E-state index in [1.54, 1.807) is 10.4 Å². The molecule has 0 saturated carbocycles. The third kappa shape index (κ3) is 5.29. The molecule has 1 fully saturated rings. The number of benzene rings is 3. The van der Waals surface area contributed by atoms with Gasteiger partial charge in [-0.1, -0.05) is 42.5 Å². The number of piperazine rings is 1. The highest BCUT2D eigenvalue weighted by Crippen LogP contribution is 2.19. The molecule has 0 spiro atoms. The molecule has 0 aliphatic carbocycles. The fourth-order valence-corrected chi connectivity index (χ4v) is 5.55. The Morgan fingerprint density at radius 3 is 2.41 bits per heavy atom. The Morgan fingerprint density at radius 1 is 0.906 bits per heavy atom. The van der Waals surface area contributed by atoms with Crippen molar-refractivity contribution in [3.63, 3.8) is 0 Å². The zero-order chi connectivity index (χ0) is 22.6. The Kier molecular flexibility index (Phi) is 6.77. The fourth-order valence-electron chi connectivity index (χ4n) is 4.07. The lowest BCUT2D eigenvalue weighted by atomic mass is 10.1. The second-order valence-corrected chi connectivity index (χ2v) is 10.3. The lowest BCUT2D eigenvalue weighted by Crippen LogP contribution is -2.49. The monoisotopic (exact) mass is 451 g/mol. The lowest BCUT2D eigenvalue weighted by molar-refractivity contribution is 0.0953. The number of rotatable bonds is 7. The number of aryl methyl sites for hydroxylation is 1. The minimum Gasteiger partial charge on any atom is -0.369 e. The number of anilines is 1. The van der Waals surface area contributed by atoms with Crippen molar-refractivity contribution in [2.75, 3.05) is 43.4 Å². The van der Waals surface area contributed by atoms with E-state index in [0.717, 1.165) is 16.5 Å². The van der Waals surface area contributed by atoms with E-state index in [4.69, 9.17) is 0 Å². The number of hydrogen-bond donors (Lipinski definition) is 1. The summed E-state index contributed by atoms with van der Waals surface area (Å²) in [6.07, 6.45) is 0.389. The molecule has 0 aromatic heterocycles. The van der Waals surface area contributed by atoms with Crippen LogP contribution in [-0.2, 0) is 10.0 Å². The minimum absolute atomic E-state index is 0.0371. The average molecular weight is 452 g/mol. The Hall–Kier alpha value is -2.90. The Bertz CT molecular complexity index is 1200. The summed E-state index contributed by atoms with van der Waals surface area (Å²) in [6.45, 7) is 4.72. The van der Waals surface area contributed by atoms with Crippen LogP contribution in [0.4, 0.5) is 5.69 Å². The molecule has 1 heterocycles. The molecular weight excluding hydrogens is 422 g/mol. The van der Waals surface area contributed by atoms with Crippen LogP contribution in [0.5, 0.6) is 0 Å². The topological polar surface area (TPSA) is 69.7 Å². The molecule has 0 radical (unpaired) electrons. The van der Waals surface area contributed by atoms with Gasteiger partial charge in [0.2, 0.25) is 10.0 Å². The smallest absolute Gasteiger partial charge is 0.251 e. The highest BCUT2D eigenvalue weighted by Gasteiger charge is 2.26. The Labute approximate surface area is 189 Å². The van der Waals surface area contributed by atoms with Gasteiger partial charge >= 0.3 is 0 Å². The van der Waals surface area contributed by atoms with Gasteiger partial charge in [0.05, 0.1) is 5.75 Å². The first-order valence-corrected chi connectivity index (χ1v) is 12.6. The number of carbonyl (C=O) groups excluding carboxylic acids is 1. The maximum Gasteiger partial charge on any atom is 0.251 e. The number of nitrogens with zero attached hydrogens (tertiary/aromatic N) is 2. The molecule has 6 nitrogen and oxygen atoms in total. The van der Waals surface area contributed by atoms with Gasteiger partial charge in [0.15, 0.2) is 0 Å². The molecule has 1 aliphatic rings. The normalized spacial score (nSPS) is 15.1. The number of carbonyl (C=O) groups is 1. The van der Waals surface area contributed by atoms with Gasteiger partial charge in [0.25, 0.3) is 5.91 Å². The predicted octanol–water partition coefficient (Wildman–Crippen LogP) is 3.42. The van der Waals surface area contributed by atoms with Crippen molar-refractivity contribution in [1.82, 2.24) is 9.62 Å².